The van der Waals surface area contributed by atoms with Gasteiger partial charge in [0, 0.05) is 66.0 Å². The van der Waals surface area contributed by atoms with Gasteiger partial charge in [-0.2, -0.15) is 4.31 Å². The minimum atomic E-state index is -3.89. The van der Waals surface area contributed by atoms with E-state index in [2.05, 4.69) is 38.9 Å². The molecule has 12 nitrogen and oxygen atoms in total. The molecule has 2 fully saturated rings. The lowest BCUT2D eigenvalue weighted by Gasteiger charge is -2.40. The van der Waals surface area contributed by atoms with Crippen molar-refractivity contribution < 1.29 is 22.8 Å². The van der Waals surface area contributed by atoms with Crippen LogP contribution in [0.25, 0.3) is 10.9 Å². The predicted molar refractivity (Wildman–Crippen MR) is 148 cm³/mol. The van der Waals surface area contributed by atoms with Gasteiger partial charge in [-0.15, -0.1) is 23.2 Å². The number of thiazole rings is 1. The van der Waals surface area contributed by atoms with Crippen LogP contribution >= 0.6 is 11.3 Å². The quantitative estimate of drug-likeness (QED) is 0.319. The highest BCUT2D eigenvalue weighted by atomic mass is 32.2. The zero-order valence-electron chi connectivity index (χ0n) is 21.8. The molecule has 1 aromatic carbocycles. The summed E-state index contributed by atoms with van der Waals surface area (Å²) in [5, 5.41) is 7.24. The highest BCUT2D eigenvalue weighted by molar-refractivity contribution is 7.89. The fourth-order valence-corrected chi connectivity index (χ4v) is 7.85. The maximum absolute atomic E-state index is 13.7. The van der Waals surface area contributed by atoms with Gasteiger partial charge >= 0.3 is 6.09 Å². The number of terminal acetylenes is 1. The Morgan fingerprint density at radius 3 is 2.90 bits per heavy atom. The summed E-state index contributed by atoms with van der Waals surface area (Å²) in [6.45, 7) is 3.21. The number of nitrogens with one attached hydrogen (secondary N) is 4. The van der Waals surface area contributed by atoms with Crippen LogP contribution in [0.5, 0.6) is 0 Å². The van der Waals surface area contributed by atoms with Gasteiger partial charge in [-0.05, 0) is 44.0 Å². The number of hydrogen-bond donors (Lipinski definition) is 4. The van der Waals surface area contributed by atoms with E-state index in [9.17, 15) is 18.0 Å². The molecule has 3 aliphatic heterocycles. The largest absolute Gasteiger partial charge is 0.427 e. The summed E-state index contributed by atoms with van der Waals surface area (Å²) in [7, 11) is -3.89. The lowest BCUT2D eigenvalue weighted by molar-refractivity contribution is 0.0534. The molecule has 2 aromatic heterocycles. The number of hydrogen-bond acceptors (Lipinski definition) is 9. The van der Waals surface area contributed by atoms with Crippen LogP contribution in [-0.2, 0) is 27.8 Å². The van der Waals surface area contributed by atoms with Gasteiger partial charge < -0.3 is 25.4 Å². The summed E-state index contributed by atoms with van der Waals surface area (Å²) in [6, 6.07) is 6.71. The van der Waals surface area contributed by atoms with Crippen LogP contribution in [0.1, 0.15) is 45.7 Å². The Morgan fingerprint density at radius 2 is 2.12 bits per heavy atom. The van der Waals surface area contributed by atoms with E-state index in [4.69, 9.17) is 11.3 Å². The first-order chi connectivity index (χ1) is 19.2. The smallest absolute Gasteiger partial charge is 0.352 e. The number of carbonyl (C=O) groups excluding carboxylic acids is 2. The van der Waals surface area contributed by atoms with Gasteiger partial charge in [-0.3, -0.25) is 4.79 Å². The highest BCUT2D eigenvalue weighted by Crippen LogP contribution is 2.29. The molecule has 0 aliphatic carbocycles. The Balaban J connectivity index is 1.24. The number of fused-ring (bicyclic) bond motifs is 2. The summed E-state index contributed by atoms with van der Waals surface area (Å²) in [5.74, 6) is 2.36. The molecule has 4 N–H and O–H groups in total. The maximum atomic E-state index is 13.7. The second-order valence-corrected chi connectivity index (χ2v) is 13.2. The number of hydroxylamine groups is 1. The van der Waals surface area contributed by atoms with Crippen LogP contribution in [0.3, 0.4) is 0 Å². The summed E-state index contributed by atoms with van der Waals surface area (Å²) in [6.07, 6.45) is 6.12. The molecule has 3 unspecified atom stereocenters. The Labute approximate surface area is 235 Å². The number of benzene rings is 1. The van der Waals surface area contributed by atoms with Crippen molar-refractivity contribution >= 4 is 44.3 Å². The molecule has 3 aliphatic rings. The molecule has 14 heteroatoms. The van der Waals surface area contributed by atoms with E-state index in [0.717, 1.165) is 17.0 Å². The topological polar surface area (TPSA) is 149 Å². The predicted octanol–water partition coefficient (Wildman–Crippen LogP) is 1.51. The van der Waals surface area contributed by atoms with E-state index >= 15 is 0 Å². The van der Waals surface area contributed by atoms with E-state index in [0.29, 0.717) is 40.9 Å². The number of aromatic amines is 1. The lowest BCUT2D eigenvalue weighted by atomic mass is 10.1. The number of aromatic nitrogens is 2. The Bertz CT molecular complexity index is 1630. The molecular formula is C26H29N7O5S2. The third kappa shape index (κ3) is 5.06. The number of nitrogens with zero attached hydrogens (tertiary/aromatic N) is 3. The number of H-pyrrole nitrogens is 1. The fourth-order valence-electron chi connectivity index (χ4n) is 5.37. The first kappa shape index (κ1) is 26.7. The van der Waals surface area contributed by atoms with Crippen LogP contribution < -0.4 is 16.1 Å². The van der Waals surface area contributed by atoms with E-state index < -0.39 is 28.3 Å². The molecule has 0 bridgehead atoms. The third-order valence-electron chi connectivity index (χ3n) is 7.53. The molecule has 3 atom stereocenters. The zero-order valence-corrected chi connectivity index (χ0v) is 23.4. The van der Waals surface area contributed by atoms with Crippen LogP contribution in [0.4, 0.5) is 4.79 Å². The van der Waals surface area contributed by atoms with E-state index in [-0.39, 0.29) is 36.6 Å². The molecular weight excluding hydrogens is 554 g/mol. The zero-order chi connectivity index (χ0) is 28.0. The minimum absolute atomic E-state index is 0.0718. The van der Waals surface area contributed by atoms with Gasteiger partial charge in [-0.25, -0.2) is 18.2 Å². The molecule has 6 rings (SSSR count). The van der Waals surface area contributed by atoms with E-state index in [1.54, 1.807) is 29.2 Å². The molecule has 40 heavy (non-hydrogen) atoms. The average molecular weight is 584 g/mol. The van der Waals surface area contributed by atoms with Crippen molar-refractivity contribution in [1.29, 1.82) is 0 Å². The van der Waals surface area contributed by atoms with Crippen LogP contribution in [0, 0.1) is 12.3 Å². The standard InChI is InChI=1S/C26H29N7O5S2/c1-3-16-4-6-19-17(11-16)12-23(28-19)40(36,37)32-8-9-33(18(14-32)5-7-22-30-26(35)38-31-22)25(34)24-29-20-10-15(2)27-13-21(20)39-24/h1,4,6,11-12,15,18,22,27-28,31H,5,7-10,13-14H2,2H3,(H,30,35). The van der Waals surface area contributed by atoms with E-state index in [1.165, 1.54) is 15.6 Å². The summed E-state index contributed by atoms with van der Waals surface area (Å²) < 4.78 is 28.8. The number of sulfonamides is 1. The van der Waals surface area contributed by atoms with Gasteiger partial charge in [0.05, 0.1) is 5.69 Å². The van der Waals surface area contributed by atoms with Crippen LogP contribution in [-0.4, -0.2) is 77.5 Å². The highest BCUT2D eigenvalue weighted by Gasteiger charge is 2.39. The van der Waals surface area contributed by atoms with Gasteiger partial charge in [0.25, 0.3) is 15.9 Å². The molecule has 0 spiro atoms. The second-order valence-electron chi connectivity index (χ2n) is 10.3. The Kier molecular flexibility index (Phi) is 7.01. The molecule has 0 saturated carbocycles. The maximum Gasteiger partial charge on any atom is 0.427 e. The van der Waals surface area contributed by atoms with Crippen LogP contribution in [0.15, 0.2) is 29.3 Å². The number of piperazine rings is 1. The number of rotatable bonds is 6. The molecule has 5 heterocycles. The van der Waals surface area contributed by atoms with Crippen molar-refractivity contribution in [2.24, 2.45) is 0 Å². The molecule has 0 radical (unpaired) electrons. The van der Waals surface area contributed by atoms with Crippen molar-refractivity contribution in [3.8, 4) is 12.3 Å². The lowest BCUT2D eigenvalue weighted by Crippen LogP contribution is -2.56. The van der Waals surface area contributed by atoms with Crippen molar-refractivity contribution in [3.05, 3.63) is 45.4 Å². The van der Waals surface area contributed by atoms with E-state index in [1.807, 2.05) is 0 Å². The molecule has 2 amide bonds. The summed E-state index contributed by atoms with van der Waals surface area (Å²) in [5.41, 5.74) is 4.89. The first-order valence-corrected chi connectivity index (χ1v) is 15.3. The number of carbonyl (C=O) groups is 2. The van der Waals surface area contributed by atoms with Gasteiger partial charge in [-0.1, -0.05) is 5.92 Å². The van der Waals surface area contributed by atoms with Crippen molar-refractivity contribution in [2.45, 2.75) is 56.0 Å². The van der Waals surface area contributed by atoms with Crippen molar-refractivity contribution in [3.63, 3.8) is 0 Å². The Morgan fingerprint density at radius 1 is 1.27 bits per heavy atom. The normalized spacial score (nSPS) is 23.4. The fraction of sp³-hybridized carbons (Fsp3) is 0.423. The van der Waals surface area contributed by atoms with Crippen LogP contribution in [0.2, 0.25) is 0 Å². The van der Waals surface area contributed by atoms with Crippen molar-refractivity contribution in [2.75, 3.05) is 19.6 Å². The molecule has 210 valence electrons. The van der Waals surface area contributed by atoms with Crippen molar-refractivity contribution in [1.82, 2.24) is 35.3 Å². The molecule has 3 aromatic rings. The second kappa shape index (κ2) is 10.5. The van der Waals surface area contributed by atoms with Gasteiger partial charge in [0.15, 0.2) is 5.01 Å². The summed E-state index contributed by atoms with van der Waals surface area (Å²) >= 11 is 1.39. The average Bonchev–Trinajstić information content (AvgIpc) is 3.68. The SMILES string of the molecule is C#Cc1ccc2[nH]c(S(=O)(=O)N3CCN(C(=O)c4nc5c(s4)CNC(C)C5)C(CCC4NOC(=O)N4)C3)cc2c1. The number of amides is 2. The molecule has 2 saturated heterocycles. The van der Waals surface area contributed by atoms with Gasteiger partial charge in [0.2, 0.25) is 0 Å². The first-order valence-electron chi connectivity index (χ1n) is 13.1. The minimum Gasteiger partial charge on any atom is -0.352 e. The third-order valence-corrected chi connectivity index (χ3v) is 10.4. The Hall–Kier alpha value is -3.48. The summed E-state index contributed by atoms with van der Waals surface area (Å²) in [4.78, 5) is 40.4. The monoisotopic (exact) mass is 583 g/mol. The van der Waals surface area contributed by atoms with Gasteiger partial charge in [0.1, 0.15) is 11.2 Å².